The number of carbonyl (C=O) groups excluding carboxylic acids is 4. The second-order valence-corrected chi connectivity index (χ2v) is 14.0. The third kappa shape index (κ3) is 7.36. The molecular formula is C34H36F2N4O8S. The van der Waals surface area contributed by atoms with Gasteiger partial charge < -0.3 is 30.7 Å². The Hall–Kier alpha value is -5.05. The minimum atomic E-state index is -3.91. The van der Waals surface area contributed by atoms with Crippen LogP contribution < -0.4 is 21.1 Å². The monoisotopic (exact) mass is 698 g/mol. The predicted octanol–water partition coefficient (Wildman–Crippen LogP) is 4.27. The lowest BCUT2D eigenvalue weighted by atomic mass is 9.92. The lowest BCUT2D eigenvalue weighted by molar-refractivity contribution is -0.149. The molecule has 5 rings (SSSR count). The number of esters is 1. The topological polar surface area (TPSA) is 174 Å². The van der Waals surface area contributed by atoms with E-state index in [1.807, 2.05) is 0 Å². The van der Waals surface area contributed by atoms with Crippen molar-refractivity contribution in [1.29, 1.82) is 0 Å². The van der Waals surface area contributed by atoms with Gasteiger partial charge in [-0.05, 0) is 85.8 Å². The van der Waals surface area contributed by atoms with Crippen molar-refractivity contribution < 1.29 is 45.9 Å². The van der Waals surface area contributed by atoms with Gasteiger partial charge in [-0.2, -0.15) is 0 Å². The van der Waals surface area contributed by atoms with E-state index >= 15 is 4.39 Å². The maximum atomic E-state index is 15.2. The Labute approximate surface area is 281 Å². The zero-order valence-electron chi connectivity index (χ0n) is 27.0. The molecule has 2 fully saturated rings. The molecule has 12 nitrogen and oxygen atoms in total. The molecule has 260 valence electrons. The summed E-state index contributed by atoms with van der Waals surface area (Å²) < 4.78 is 67.7. The van der Waals surface area contributed by atoms with E-state index in [-0.39, 0.29) is 58.3 Å². The number of carbonyl (C=O) groups is 4. The van der Waals surface area contributed by atoms with Gasteiger partial charge in [-0.25, -0.2) is 17.2 Å². The summed E-state index contributed by atoms with van der Waals surface area (Å²) in [6.07, 6.45) is 0.962. The molecule has 1 saturated carbocycles. The molecule has 1 aliphatic heterocycles. The number of likely N-dealkylation sites (tertiary alicyclic amines) is 1. The predicted molar refractivity (Wildman–Crippen MR) is 174 cm³/mol. The van der Waals surface area contributed by atoms with Crippen LogP contribution in [0.1, 0.15) is 66.7 Å². The van der Waals surface area contributed by atoms with Gasteiger partial charge in [0.1, 0.15) is 11.9 Å². The standard InChI is InChI=1S/C34H36F2N4O8S/c1-4-48-34(44)23-13-14-40(31(23)24-17-21(38-18(2)41)7-12-29(24)49(45,46)22-8-9-22)33(43)30(19-5-11-26(36)28(16-19)47-3)39-27-15-20(32(37)42)6-10-25(27)35/h5-7,10-12,15-17,22-23,30-31,39H,4,8-9,13-14H2,1-3H3,(H2,37,42)(H,38,41)/t23-,30-,31-/m1/s1. The third-order valence-corrected chi connectivity index (χ3v) is 10.8. The first-order valence-corrected chi connectivity index (χ1v) is 17.1. The van der Waals surface area contributed by atoms with E-state index in [1.54, 1.807) is 6.92 Å². The summed E-state index contributed by atoms with van der Waals surface area (Å²) in [6.45, 7) is 2.85. The number of halogens is 2. The van der Waals surface area contributed by atoms with Crippen molar-refractivity contribution in [3.8, 4) is 5.75 Å². The van der Waals surface area contributed by atoms with Gasteiger partial charge in [0.05, 0.1) is 41.5 Å². The lowest BCUT2D eigenvalue weighted by Gasteiger charge is -2.33. The number of ether oxygens (including phenoxy) is 2. The van der Waals surface area contributed by atoms with Crippen molar-refractivity contribution in [2.24, 2.45) is 11.7 Å². The molecule has 2 aliphatic rings. The number of benzene rings is 3. The number of amides is 3. The molecular weight excluding hydrogens is 662 g/mol. The molecule has 0 bridgehead atoms. The Morgan fingerprint density at radius 1 is 1.00 bits per heavy atom. The minimum absolute atomic E-state index is 0.0181. The highest BCUT2D eigenvalue weighted by atomic mass is 32.2. The average Bonchev–Trinajstić information content (AvgIpc) is 3.83. The Bertz CT molecular complexity index is 1920. The van der Waals surface area contributed by atoms with Crippen molar-refractivity contribution >= 4 is 44.9 Å². The van der Waals surface area contributed by atoms with Gasteiger partial charge in [-0.1, -0.05) is 6.07 Å². The first-order chi connectivity index (χ1) is 23.3. The second-order valence-electron chi connectivity index (χ2n) is 11.8. The molecule has 0 unspecified atom stereocenters. The van der Waals surface area contributed by atoms with Crippen LogP contribution in [0.4, 0.5) is 20.2 Å². The smallest absolute Gasteiger partial charge is 0.311 e. The number of nitrogens with zero attached hydrogens (tertiary/aromatic N) is 1. The van der Waals surface area contributed by atoms with Gasteiger partial charge in [0, 0.05) is 24.7 Å². The van der Waals surface area contributed by atoms with Crippen LogP contribution in [0.25, 0.3) is 0 Å². The summed E-state index contributed by atoms with van der Waals surface area (Å²) >= 11 is 0. The van der Waals surface area contributed by atoms with Crippen LogP contribution in [0, 0.1) is 17.6 Å². The highest BCUT2D eigenvalue weighted by molar-refractivity contribution is 7.92. The zero-order valence-corrected chi connectivity index (χ0v) is 27.8. The summed E-state index contributed by atoms with van der Waals surface area (Å²) in [6, 6.07) is 8.41. The molecule has 3 amide bonds. The molecule has 1 saturated heterocycles. The number of methoxy groups -OCH3 is 1. The van der Waals surface area contributed by atoms with E-state index in [1.165, 1.54) is 55.3 Å². The number of hydrogen-bond acceptors (Lipinski definition) is 9. The molecule has 49 heavy (non-hydrogen) atoms. The van der Waals surface area contributed by atoms with Crippen LogP contribution in [0.2, 0.25) is 0 Å². The molecule has 1 heterocycles. The Morgan fingerprint density at radius 3 is 2.35 bits per heavy atom. The quantitative estimate of drug-likeness (QED) is 0.234. The van der Waals surface area contributed by atoms with E-state index in [0.29, 0.717) is 12.8 Å². The largest absolute Gasteiger partial charge is 0.494 e. The van der Waals surface area contributed by atoms with Gasteiger partial charge in [0.15, 0.2) is 21.4 Å². The Balaban J connectivity index is 1.68. The van der Waals surface area contributed by atoms with E-state index in [4.69, 9.17) is 15.2 Å². The van der Waals surface area contributed by atoms with E-state index in [2.05, 4.69) is 10.6 Å². The van der Waals surface area contributed by atoms with Gasteiger partial charge in [-0.3, -0.25) is 19.2 Å². The molecule has 15 heteroatoms. The van der Waals surface area contributed by atoms with Crippen molar-refractivity contribution in [2.75, 3.05) is 30.9 Å². The first kappa shape index (κ1) is 35.3. The fourth-order valence-electron chi connectivity index (χ4n) is 6.05. The van der Waals surface area contributed by atoms with Gasteiger partial charge >= 0.3 is 5.97 Å². The van der Waals surface area contributed by atoms with E-state index in [0.717, 1.165) is 18.2 Å². The van der Waals surface area contributed by atoms with Crippen LogP contribution in [0.15, 0.2) is 59.5 Å². The normalized spacial score (nSPS) is 18.0. The van der Waals surface area contributed by atoms with Gasteiger partial charge in [-0.15, -0.1) is 0 Å². The van der Waals surface area contributed by atoms with Crippen LogP contribution in [0.5, 0.6) is 5.75 Å². The van der Waals surface area contributed by atoms with Crippen LogP contribution in [-0.2, 0) is 29.0 Å². The zero-order chi connectivity index (χ0) is 35.6. The van der Waals surface area contributed by atoms with Crippen LogP contribution >= 0.6 is 0 Å². The number of anilines is 2. The molecule has 3 aromatic rings. The maximum absolute atomic E-state index is 15.2. The SMILES string of the molecule is CCOC(=O)[C@@H]1CCN(C(=O)[C@H](Nc2cc(C(N)=O)ccc2F)c2ccc(F)c(OC)c2)[C@H]1c1cc(NC(C)=O)ccc1S(=O)(=O)C1CC1. The van der Waals surface area contributed by atoms with Crippen molar-refractivity contribution in [3.63, 3.8) is 0 Å². The molecule has 0 spiro atoms. The van der Waals surface area contributed by atoms with Crippen molar-refractivity contribution in [2.45, 2.75) is 55.3 Å². The highest BCUT2D eigenvalue weighted by Crippen LogP contribution is 2.46. The van der Waals surface area contributed by atoms with Crippen molar-refractivity contribution in [3.05, 3.63) is 82.9 Å². The number of nitrogens with one attached hydrogen (secondary N) is 2. The first-order valence-electron chi connectivity index (χ1n) is 15.6. The molecule has 0 aromatic heterocycles. The average molecular weight is 699 g/mol. The van der Waals surface area contributed by atoms with Crippen molar-refractivity contribution in [1.82, 2.24) is 4.90 Å². The van der Waals surface area contributed by atoms with Gasteiger partial charge in [0.25, 0.3) is 0 Å². The maximum Gasteiger partial charge on any atom is 0.311 e. The van der Waals surface area contributed by atoms with Crippen LogP contribution in [-0.4, -0.2) is 62.5 Å². The summed E-state index contributed by atoms with van der Waals surface area (Å²) in [7, 11) is -2.68. The molecule has 0 radical (unpaired) electrons. The lowest BCUT2D eigenvalue weighted by Crippen LogP contribution is -2.40. The minimum Gasteiger partial charge on any atom is -0.494 e. The number of nitrogens with two attached hydrogens (primary N) is 1. The molecule has 4 N–H and O–H groups in total. The number of primary amides is 1. The number of hydrogen-bond donors (Lipinski definition) is 3. The summed E-state index contributed by atoms with van der Waals surface area (Å²) in [4.78, 5) is 53.3. The molecule has 3 aromatic carbocycles. The summed E-state index contributed by atoms with van der Waals surface area (Å²) in [5.41, 5.74) is 5.54. The number of sulfone groups is 1. The van der Waals surface area contributed by atoms with E-state index in [9.17, 15) is 32.0 Å². The van der Waals surface area contributed by atoms with Crippen LogP contribution in [0.3, 0.4) is 0 Å². The molecule has 1 aliphatic carbocycles. The summed E-state index contributed by atoms with van der Waals surface area (Å²) in [5.74, 6) is -5.50. The van der Waals surface area contributed by atoms with E-state index < -0.39 is 68.4 Å². The van der Waals surface area contributed by atoms with Gasteiger partial charge in [0.2, 0.25) is 17.7 Å². The Kier molecular flexibility index (Phi) is 10.2. The fraction of sp³-hybridized carbons (Fsp3) is 0.353. The molecule has 3 atom stereocenters. The fourth-order valence-corrected chi connectivity index (χ4v) is 7.93. The number of rotatable bonds is 12. The second kappa shape index (κ2) is 14.2. The highest BCUT2D eigenvalue weighted by Gasteiger charge is 2.48. The third-order valence-electron chi connectivity index (χ3n) is 8.50. The Morgan fingerprint density at radius 2 is 1.71 bits per heavy atom. The summed E-state index contributed by atoms with van der Waals surface area (Å²) in [5, 5.41) is 4.80.